The highest BCUT2D eigenvalue weighted by atomic mass is 79.9. The summed E-state index contributed by atoms with van der Waals surface area (Å²) < 4.78 is 0.781. The zero-order valence-electron chi connectivity index (χ0n) is 8.33. The molecular weight excluding hydrogens is 258 g/mol. The van der Waals surface area contributed by atoms with E-state index in [1.807, 2.05) is 0 Å². The molecule has 5 nitrogen and oxygen atoms in total. The van der Waals surface area contributed by atoms with E-state index in [9.17, 15) is 0 Å². The number of nitrogens with two attached hydrogens (primary N) is 1. The highest BCUT2D eigenvalue weighted by Crippen LogP contribution is 2.32. The Bertz CT molecular complexity index is 339. The van der Waals surface area contributed by atoms with Gasteiger partial charge in [0, 0.05) is 6.54 Å². The average molecular weight is 272 g/mol. The van der Waals surface area contributed by atoms with Gasteiger partial charge in [-0.2, -0.15) is 0 Å². The van der Waals surface area contributed by atoms with E-state index < -0.39 is 0 Å². The summed E-state index contributed by atoms with van der Waals surface area (Å²) in [7, 11) is 0. The molecule has 0 aliphatic heterocycles. The molecule has 0 radical (unpaired) electrons. The number of anilines is 2. The van der Waals surface area contributed by atoms with Gasteiger partial charge in [0.05, 0.1) is 0 Å². The largest absolute Gasteiger partial charge is 0.369 e. The number of rotatable bonds is 5. The molecule has 0 spiro atoms. The third-order valence-corrected chi connectivity index (χ3v) is 3.22. The Hall–Kier alpha value is -0.880. The number of hydrogen-bond donors (Lipinski definition) is 3. The Balaban J connectivity index is 1.93. The Morgan fingerprint density at radius 3 is 2.80 bits per heavy atom. The number of nitrogens with zero attached hydrogens (tertiary/aromatic N) is 2. The third-order valence-electron chi connectivity index (χ3n) is 2.47. The maximum Gasteiger partial charge on any atom is 0.159 e. The normalized spacial score (nSPS) is 15.1. The van der Waals surface area contributed by atoms with E-state index in [0.717, 1.165) is 22.8 Å². The fraction of sp³-hybridized carbons (Fsp3) is 0.556. The van der Waals surface area contributed by atoms with Gasteiger partial charge in [0.1, 0.15) is 16.6 Å². The lowest BCUT2D eigenvalue weighted by atomic mass is 10.3. The van der Waals surface area contributed by atoms with Crippen molar-refractivity contribution < 1.29 is 0 Å². The van der Waals surface area contributed by atoms with Crippen LogP contribution in [0.4, 0.5) is 11.6 Å². The van der Waals surface area contributed by atoms with Gasteiger partial charge < -0.3 is 10.7 Å². The van der Waals surface area contributed by atoms with Crippen LogP contribution in [0.3, 0.4) is 0 Å². The quantitative estimate of drug-likeness (QED) is 0.562. The van der Waals surface area contributed by atoms with Gasteiger partial charge in [-0.3, -0.25) is 0 Å². The predicted molar refractivity (Wildman–Crippen MR) is 63.4 cm³/mol. The number of hydrazine groups is 1. The van der Waals surface area contributed by atoms with E-state index in [1.54, 1.807) is 0 Å². The van der Waals surface area contributed by atoms with Crippen LogP contribution in [-0.4, -0.2) is 16.5 Å². The molecule has 1 aliphatic rings. The van der Waals surface area contributed by atoms with E-state index in [2.05, 4.69) is 36.6 Å². The van der Waals surface area contributed by atoms with Crippen LogP contribution in [0.5, 0.6) is 0 Å². The molecular formula is C9H14BrN5. The molecule has 4 N–H and O–H groups in total. The Morgan fingerprint density at radius 2 is 2.13 bits per heavy atom. The molecule has 1 saturated carbocycles. The van der Waals surface area contributed by atoms with Crippen molar-refractivity contribution in [3.05, 3.63) is 10.8 Å². The van der Waals surface area contributed by atoms with Crippen molar-refractivity contribution in [3.8, 4) is 0 Å². The molecule has 2 rings (SSSR count). The molecule has 1 heterocycles. The summed E-state index contributed by atoms with van der Waals surface area (Å²) in [5, 5.41) is 3.27. The first-order chi connectivity index (χ1) is 7.31. The van der Waals surface area contributed by atoms with Gasteiger partial charge in [-0.25, -0.2) is 15.8 Å². The van der Waals surface area contributed by atoms with Crippen molar-refractivity contribution in [1.29, 1.82) is 0 Å². The molecule has 0 bridgehead atoms. The average Bonchev–Trinajstić information content (AvgIpc) is 3.04. The topological polar surface area (TPSA) is 75.9 Å². The van der Waals surface area contributed by atoms with Crippen LogP contribution in [0.1, 0.15) is 19.3 Å². The summed E-state index contributed by atoms with van der Waals surface area (Å²) >= 11 is 3.39. The first kappa shape index (κ1) is 10.6. The molecule has 6 heteroatoms. The second-order valence-corrected chi connectivity index (χ2v) is 4.48. The van der Waals surface area contributed by atoms with Crippen LogP contribution < -0.4 is 16.6 Å². The van der Waals surface area contributed by atoms with Gasteiger partial charge in [0.2, 0.25) is 0 Å². The van der Waals surface area contributed by atoms with Crippen molar-refractivity contribution in [3.63, 3.8) is 0 Å². The highest BCUT2D eigenvalue weighted by Gasteiger charge is 2.20. The molecule has 0 atom stereocenters. The summed E-state index contributed by atoms with van der Waals surface area (Å²) in [6.07, 6.45) is 5.45. The molecule has 82 valence electrons. The maximum absolute atomic E-state index is 5.31. The summed E-state index contributed by atoms with van der Waals surface area (Å²) in [5.74, 6) is 7.62. The van der Waals surface area contributed by atoms with E-state index in [0.29, 0.717) is 5.82 Å². The minimum Gasteiger partial charge on any atom is -0.369 e. The first-order valence-corrected chi connectivity index (χ1v) is 5.81. The van der Waals surface area contributed by atoms with E-state index in [4.69, 9.17) is 5.84 Å². The van der Waals surface area contributed by atoms with Crippen LogP contribution >= 0.6 is 15.9 Å². The van der Waals surface area contributed by atoms with Crippen LogP contribution in [-0.2, 0) is 0 Å². The zero-order chi connectivity index (χ0) is 10.7. The van der Waals surface area contributed by atoms with Crippen molar-refractivity contribution in [2.24, 2.45) is 11.8 Å². The number of nitrogens with one attached hydrogen (secondary N) is 2. The third kappa shape index (κ3) is 2.79. The molecule has 0 aromatic carbocycles. The lowest BCUT2D eigenvalue weighted by molar-refractivity contribution is 0.757. The Kier molecular flexibility index (Phi) is 3.37. The molecule has 1 aliphatic carbocycles. The van der Waals surface area contributed by atoms with Crippen molar-refractivity contribution in [2.45, 2.75) is 19.3 Å². The van der Waals surface area contributed by atoms with Gasteiger partial charge in [-0.15, -0.1) is 0 Å². The van der Waals surface area contributed by atoms with Crippen LogP contribution in [0, 0.1) is 5.92 Å². The molecule has 15 heavy (non-hydrogen) atoms. The second kappa shape index (κ2) is 4.76. The van der Waals surface area contributed by atoms with Crippen LogP contribution in [0.15, 0.2) is 10.8 Å². The van der Waals surface area contributed by atoms with Gasteiger partial charge in [-0.1, -0.05) is 12.8 Å². The van der Waals surface area contributed by atoms with Gasteiger partial charge >= 0.3 is 0 Å². The van der Waals surface area contributed by atoms with Crippen molar-refractivity contribution in [1.82, 2.24) is 9.97 Å². The van der Waals surface area contributed by atoms with Gasteiger partial charge in [0.25, 0.3) is 0 Å². The molecule has 0 amide bonds. The first-order valence-electron chi connectivity index (χ1n) is 5.02. The maximum atomic E-state index is 5.31. The van der Waals surface area contributed by atoms with E-state index >= 15 is 0 Å². The molecule has 0 saturated heterocycles. The van der Waals surface area contributed by atoms with Crippen LogP contribution in [0.2, 0.25) is 0 Å². The summed E-state index contributed by atoms with van der Waals surface area (Å²) in [6.45, 7) is 0.949. The Morgan fingerprint density at radius 1 is 1.40 bits per heavy atom. The fourth-order valence-corrected chi connectivity index (χ4v) is 1.85. The molecule has 1 fully saturated rings. The lowest BCUT2D eigenvalue weighted by Gasteiger charge is -2.09. The summed E-state index contributed by atoms with van der Waals surface area (Å²) in [4.78, 5) is 8.12. The lowest BCUT2D eigenvalue weighted by Crippen LogP contribution is -2.12. The zero-order valence-corrected chi connectivity index (χ0v) is 9.92. The molecule has 1 aromatic rings. The minimum absolute atomic E-state index is 0.596. The number of halogens is 1. The smallest absolute Gasteiger partial charge is 0.159 e. The predicted octanol–water partition coefficient (Wildman–Crippen LogP) is 1.74. The van der Waals surface area contributed by atoms with Gasteiger partial charge in [-0.05, 0) is 28.3 Å². The van der Waals surface area contributed by atoms with E-state index in [1.165, 1.54) is 25.6 Å². The SMILES string of the molecule is NNc1ncnc(NCCC2CC2)c1Br. The minimum atomic E-state index is 0.596. The van der Waals surface area contributed by atoms with E-state index in [-0.39, 0.29) is 0 Å². The van der Waals surface area contributed by atoms with Crippen molar-refractivity contribution in [2.75, 3.05) is 17.3 Å². The molecule has 0 unspecified atom stereocenters. The highest BCUT2D eigenvalue weighted by molar-refractivity contribution is 9.10. The fourth-order valence-electron chi connectivity index (χ4n) is 1.39. The Labute approximate surface area is 97.0 Å². The van der Waals surface area contributed by atoms with Gasteiger partial charge in [0.15, 0.2) is 5.82 Å². The number of hydrogen-bond acceptors (Lipinski definition) is 5. The number of nitrogen functional groups attached to an aromatic ring is 1. The second-order valence-electron chi connectivity index (χ2n) is 3.69. The monoisotopic (exact) mass is 271 g/mol. The number of aromatic nitrogens is 2. The summed E-state index contributed by atoms with van der Waals surface area (Å²) in [5.41, 5.74) is 2.51. The standard InChI is InChI=1S/C9H14BrN5/c10-7-8(12-4-3-6-1-2-6)13-5-14-9(7)15-11/h5-6H,1-4,11H2,(H2,12,13,14,15). The van der Waals surface area contributed by atoms with Crippen LogP contribution in [0.25, 0.3) is 0 Å². The summed E-state index contributed by atoms with van der Waals surface area (Å²) in [6, 6.07) is 0. The molecule has 1 aromatic heterocycles. The van der Waals surface area contributed by atoms with Crippen molar-refractivity contribution >= 4 is 27.6 Å².